The molecule has 34 heavy (non-hydrogen) atoms. The molecule has 0 aliphatic rings. The Hall–Kier alpha value is -3.69. The molecule has 0 fully saturated rings. The summed E-state index contributed by atoms with van der Waals surface area (Å²) in [5.74, 6) is -0.173. The van der Waals surface area contributed by atoms with Crippen molar-refractivity contribution in [2.75, 3.05) is 0 Å². The molecule has 4 rings (SSSR count). The molecular formula is C31H32N2O. The lowest BCUT2D eigenvalue weighted by Crippen LogP contribution is -2.53. The van der Waals surface area contributed by atoms with Gasteiger partial charge in [-0.05, 0) is 46.2 Å². The Morgan fingerprint density at radius 3 is 1.41 bits per heavy atom. The van der Waals surface area contributed by atoms with Crippen LogP contribution in [0.3, 0.4) is 0 Å². The second kappa shape index (κ2) is 10.1. The lowest BCUT2D eigenvalue weighted by atomic mass is 9.77. The van der Waals surface area contributed by atoms with Crippen molar-refractivity contribution < 1.29 is 4.79 Å². The van der Waals surface area contributed by atoms with Crippen LogP contribution >= 0.6 is 0 Å². The molecule has 0 unspecified atom stereocenters. The van der Waals surface area contributed by atoms with Crippen LogP contribution in [0.5, 0.6) is 0 Å². The minimum atomic E-state index is -0.760. The highest BCUT2D eigenvalue weighted by Gasteiger charge is 2.36. The molecule has 3 nitrogen and oxygen atoms in total. The molecule has 3 heteroatoms. The third-order valence-corrected chi connectivity index (χ3v) is 6.80. The predicted molar refractivity (Wildman–Crippen MR) is 140 cm³/mol. The van der Waals surface area contributed by atoms with E-state index in [0.29, 0.717) is 5.56 Å². The van der Waals surface area contributed by atoms with Gasteiger partial charge in [0, 0.05) is 5.56 Å². The van der Waals surface area contributed by atoms with Gasteiger partial charge in [-0.1, -0.05) is 124 Å². The molecule has 0 radical (unpaired) electrons. The smallest absolute Gasteiger partial charge is 0.265 e. The van der Waals surface area contributed by atoms with E-state index in [1.807, 2.05) is 66.7 Å². The Labute approximate surface area is 202 Å². The van der Waals surface area contributed by atoms with Crippen LogP contribution < -0.4 is 10.9 Å². The van der Waals surface area contributed by atoms with Gasteiger partial charge in [-0.25, -0.2) is 5.43 Å². The molecular weight excluding hydrogens is 416 g/mol. The Morgan fingerprint density at radius 1 is 0.618 bits per heavy atom. The quantitative estimate of drug-likeness (QED) is 0.235. The lowest BCUT2D eigenvalue weighted by molar-refractivity contribution is 0.0918. The van der Waals surface area contributed by atoms with E-state index < -0.39 is 5.54 Å². The number of benzene rings is 4. The van der Waals surface area contributed by atoms with Crippen molar-refractivity contribution in [3.63, 3.8) is 0 Å². The fraction of sp³-hybridized carbons (Fsp3) is 0.194. The summed E-state index contributed by atoms with van der Waals surface area (Å²) in [4.78, 5) is 13.2. The molecule has 0 aromatic heterocycles. The fourth-order valence-electron chi connectivity index (χ4n) is 4.28. The van der Waals surface area contributed by atoms with Crippen LogP contribution in [0.2, 0.25) is 0 Å². The van der Waals surface area contributed by atoms with Gasteiger partial charge in [0.15, 0.2) is 0 Å². The fourth-order valence-corrected chi connectivity index (χ4v) is 4.28. The summed E-state index contributed by atoms with van der Waals surface area (Å²) in [5, 5.41) is 0. The lowest BCUT2D eigenvalue weighted by Gasteiger charge is -2.37. The van der Waals surface area contributed by atoms with E-state index in [0.717, 1.165) is 23.1 Å². The SMILES string of the molecule is CCC(C)(C)c1ccc(C(=O)NNC(c2ccccc2)(c2ccccc2)c2ccccc2)cc1. The second-order valence-electron chi connectivity index (χ2n) is 9.24. The predicted octanol–water partition coefficient (Wildman–Crippen LogP) is 6.60. The number of hydrazine groups is 1. The standard InChI is InChI=1S/C31H32N2O/c1-4-30(2,3)25-22-20-24(21-23-25)29(34)32-33-31(26-14-8-5-9-15-26,27-16-10-6-11-17-27)28-18-12-7-13-19-28/h5-23,33H,4H2,1-3H3,(H,32,34). The minimum Gasteiger partial charge on any atom is -0.286 e. The highest BCUT2D eigenvalue weighted by molar-refractivity contribution is 5.94. The summed E-state index contributed by atoms with van der Waals surface area (Å²) in [6.45, 7) is 6.62. The Balaban J connectivity index is 1.72. The van der Waals surface area contributed by atoms with E-state index in [-0.39, 0.29) is 11.3 Å². The molecule has 2 N–H and O–H groups in total. The molecule has 1 amide bonds. The molecule has 0 aliphatic heterocycles. The second-order valence-corrected chi connectivity index (χ2v) is 9.24. The van der Waals surface area contributed by atoms with Crippen LogP contribution in [-0.2, 0) is 11.0 Å². The van der Waals surface area contributed by atoms with E-state index in [1.54, 1.807) is 0 Å². The van der Waals surface area contributed by atoms with Gasteiger partial charge in [-0.3, -0.25) is 10.2 Å². The van der Waals surface area contributed by atoms with Gasteiger partial charge in [-0.15, -0.1) is 0 Å². The molecule has 0 saturated carbocycles. The average molecular weight is 449 g/mol. The molecule has 0 bridgehead atoms. The van der Waals surface area contributed by atoms with E-state index in [4.69, 9.17) is 0 Å². The first-order valence-corrected chi connectivity index (χ1v) is 11.8. The molecule has 0 saturated heterocycles. The molecule has 0 heterocycles. The number of hydrogen-bond acceptors (Lipinski definition) is 2. The van der Waals surface area contributed by atoms with E-state index in [2.05, 4.69) is 80.2 Å². The average Bonchev–Trinajstić information content (AvgIpc) is 2.91. The van der Waals surface area contributed by atoms with Crippen LogP contribution in [0.15, 0.2) is 115 Å². The molecule has 4 aromatic rings. The largest absolute Gasteiger partial charge is 0.286 e. The number of nitrogens with one attached hydrogen (secondary N) is 2. The van der Waals surface area contributed by atoms with Crippen molar-refractivity contribution in [3.8, 4) is 0 Å². The Bertz CT molecular complexity index is 1100. The molecule has 0 aliphatic carbocycles. The third-order valence-electron chi connectivity index (χ3n) is 6.80. The highest BCUT2D eigenvalue weighted by Crippen LogP contribution is 2.36. The summed E-state index contributed by atoms with van der Waals surface area (Å²) < 4.78 is 0. The van der Waals surface area contributed by atoms with Gasteiger partial charge in [0.05, 0.1) is 0 Å². The van der Waals surface area contributed by atoms with E-state index in [9.17, 15) is 4.79 Å². The summed E-state index contributed by atoms with van der Waals surface area (Å²) >= 11 is 0. The monoisotopic (exact) mass is 448 g/mol. The molecule has 172 valence electrons. The highest BCUT2D eigenvalue weighted by atomic mass is 16.2. The first-order valence-electron chi connectivity index (χ1n) is 11.8. The van der Waals surface area contributed by atoms with Crippen LogP contribution in [0.4, 0.5) is 0 Å². The van der Waals surface area contributed by atoms with Crippen molar-refractivity contribution in [1.29, 1.82) is 0 Å². The summed E-state index contributed by atoms with van der Waals surface area (Å²) in [6.07, 6.45) is 1.04. The van der Waals surface area contributed by atoms with Crippen molar-refractivity contribution in [1.82, 2.24) is 10.9 Å². The molecule has 4 aromatic carbocycles. The first kappa shape index (κ1) is 23.5. The van der Waals surface area contributed by atoms with Crippen molar-refractivity contribution >= 4 is 5.91 Å². The maximum Gasteiger partial charge on any atom is 0.265 e. The van der Waals surface area contributed by atoms with Gasteiger partial charge in [0.2, 0.25) is 0 Å². The molecule has 0 spiro atoms. The van der Waals surface area contributed by atoms with Gasteiger partial charge in [-0.2, -0.15) is 0 Å². The maximum atomic E-state index is 13.2. The molecule has 0 atom stereocenters. The Morgan fingerprint density at radius 2 is 1.03 bits per heavy atom. The van der Waals surface area contributed by atoms with E-state index >= 15 is 0 Å². The third kappa shape index (κ3) is 4.66. The van der Waals surface area contributed by atoms with Crippen molar-refractivity contribution in [2.24, 2.45) is 0 Å². The summed E-state index contributed by atoms with van der Waals surface area (Å²) in [5.41, 5.74) is 10.7. The van der Waals surface area contributed by atoms with Gasteiger partial charge >= 0.3 is 0 Å². The first-order chi connectivity index (χ1) is 16.5. The minimum absolute atomic E-state index is 0.0797. The maximum absolute atomic E-state index is 13.2. The van der Waals surface area contributed by atoms with Crippen LogP contribution in [0.1, 0.15) is 59.8 Å². The zero-order chi connectivity index (χ0) is 24.0. The number of amides is 1. The van der Waals surface area contributed by atoms with E-state index in [1.165, 1.54) is 5.56 Å². The number of carbonyl (C=O) groups is 1. The zero-order valence-corrected chi connectivity index (χ0v) is 20.1. The van der Waals surface area contributed by atoms with Gasteiger partial charge in [0.1, 0.15) is 5.54 Å². The van der Waals surface area contributed by atoms with Crippen LogP contribution in [0.25, 0.3) is 0 Å². The Kier molecular flexibility index (Phi) is 6.95. The van der Waals surface area contributed by atoms with Crippen molar-refractivity contribution in [2.45, 2.75) is 38.1 Å². The summed E-state index contributed by atoms with van der Waals surface area (Å²) in [6, 6.07) is 38.5. The summed E-state index contributed by atoms with van der Waals surface area (Å²) in [7, 11) is 0. The number of hydrogen-bond donors (Lipinski definition) is 2. The number of rotatable bonds is 8. The normalized spacial score (nSPS) is 11.7. The van der Waals surface area contributed by atoms with Crippen molar-refractivity contribution in [3.05, 3.63) is 143 Å². The topological polar surface area (TPSA) is 41.1 Å². The number of carbonyl (C=O) groups excluding carboxylic acids is 1. The van der Waals surface area contributed by atoms with Crippen LogP contribution in [-0.4, -0.2) is 5.91 Å². The van der Waals surface area contributed by atoms with Gasteiger partial charge in [0.25, 0.3) is 5.91 Å². The van der Waals surface area contributed by atoms with Crippen LogP contribution in [0, 0.1) is 0 Å². The van der Waals surface area contributed by atoms with Gasteiger partial charge < -0.3 is 0 Å². The zero-order valence-electron chi connectivity index (χ0n) is 20.1.